The molecule has 6 aromatic carbocycles. The van der Waals surface area contributed by atoms with Crippen LogP contribution in [0.3, 0.4) is 0 Å². The van der Waals surface area contributed by atoms with Gasteiger partial charge in [-0.3, -0.25) is 14.4 Å². The van der Waals surface area contributed by atoms with Crippen LogP contribution >= 0.6 is 0 Å². The first-order chi connectivity index (χ1) is 35.1. The van der Waals surface area contributed by atoms with E-state index in [0.717, 1.165) is 30.3 Å². The minimum Gasteiger partial charge on any atom is -0.508 e. The van der Waals surface area contributed by atoms with E-state index in [0.29, 0.717) is 11.1 Å². The van der Waals surface area contributed by atoms with Crippen molar-refractivity contribution in [3.05, 3.63) is 140 Å². The molecule has 23 heteroatoms. The van der Waals surface area contributed by atoms with Gasteiger partial charge in [-0.05, 0) is 60.7 Å². The fraction of sp³-hybridized carbons (Fsp3) is 0.118. The summed E-state index contributed by atoms with van der Waals surface area (Å²) < 4.78 is 27.3. The van der Waals surface area contributed by atoms with Crippen molar-refractivity contribution in [2.45, 2.75) is 30.7 Å². The van der Waals surface area contributed by atoms with Crippen molar-refractivity contribution in [3.8, 4) is 103 Å². The van der Waals surface area contributed by atoms with Gasteiger partial charge in [0.25, 0.3) is 0 Å². The van der Waals surface area contributed by atoms with Gasteiger partial charge in [-0.15, -0.1) is 0 Å². The Hall–Kier alpha value is -9.65. The highest BCUT2D eigenvalue weighted by atomic mass is 16.7. The quantitative estimate of drug-likeness (QED) is 0.103. The summed E-state index contributed by atoms with van der Waals surface area (Å²) in [7, 11) is 0. The Balaban J connectivity index is 0.000000153. The Morgan fingerprint density at radius 2 is 0.905 bits per heavy atom. The second kappa shape index (κ2) is 20.2. The molecule has 0 unspecified atom stereocenters. The average Bonchev–Trinajstić information content (AvgIpc) is 3.34. The molecule has 0 spiro atoms. The summed E-state index contributed by atoms with van der Waals surface area (Å²) in [5, 5.41) is 144. The second-order valence-electron chi connectivity index (χ2n) is 16.3. The van der Waals surface area contributed by atoms with E-state index in [1.165, 1.54) is 78.9 Å². The lowest BCUT2D eigenvalue weighted by Crippen LogP contribution is -2.60. The maximum atomic E-state index is 12.5. The number of aliphatic hydroxyl groups is 4. The summed E-state index contributed by atoms with van der Waals surface area (Å²) in [4.78, 5) is 36.7. The number of rotatable bonds is 6. The van der Waals surface area contributed by atoms with Crippen molar-refractivity contribution >= 4 is 32.9 Å². The summed E-state index contributed by atoms with van der Waals surface area (Å²) in [6.45, 7) is -0.647. The summed E-state index contributed by atoms with van der Waals surface area (Å²) in [6, 6.07) is 22.4. The molecule has 382 valence electrons. The average molecular weight is 1020 g/mol. The fourth-order valence-electron chi connectivity index (χ4n) is 7.59. The molecule has 1 fully saturated rings. The van der Waals surface area contributed by atoms with Crippen LogP contribution in [0.2, 0.25) is 0 Å². The predicted octanol–water partition coefficient (Wildman–Crippen LogP) is 4.32. The molecule has 0 radical (unpaired) electrons. The molecule has 4 heterocycles. The number of hydrogen-bond acceptors (Lipinski definition) is 23. The van der Waals surface area contributed by atoms with Crippen LogP contribution in [0.5, 0.6) is 69.0 Å². The second-order valence-corrected chi connectivity index (χ2v) is 16.3. The molecule has 0 aliphatic carbocycles. The van der Waals surface area contributed by atoms with Crippen molar-refractivity contribution in [1.29, 1.82) is 0 Å². The molecule has 15 N–H and O–H groups in total. The number of ether oxygens (including phenoxy) is 2. The van der Waals surface area contributed by atoms with Gasteiger partial charge in [0, 0.05) is 65.2 Å². The van der Waals surface area contributed by atoms with Crippen LogP contribution in [0, 0.1) is 0 Å². The Morgan fingerprint density at radius 3 is 1.42 bits per heavy atom. The number of hydrogen-bond donors (Lipinski definition) is 15. The molecule has 0 bridgehead atoms. The third kappa shape index (κ3) is 10.1. The normalized spacial score (nSPS) is 17.3. The summed E-state index contributed by atoms with van der Waals surface area (Å²) >= 11 is 0. The third-order valence-corrected chi connectivity index (χ3v) is 11.3. The first-order valence-electron chi connectivity index (χ1n) is 21.5. The molecule has 9 aromatic rings. The zero-order valence-electron chi connectivity index (χ0n) is 37.5. The Morgan fingerprint density at radius 1 is 0.432 bits per heavy atom. The lowest BCUT2D eigenvalue weighted by molar-refractivity contribution is -0.277. The zero-order valence-corrected chi connectivity index (χ0v) is 37.5. The topological polar surface area (TPSA) is 413 Å². The van der Waals surface area contributed by atoms with Crippen LogP contribution in [-0.2, 0) is 4.74 Å². The molecule has 5 atom stereocenters. The van der Waals surface area contributed by atoms with E-state index in [1.54, 1.807) is 0 Å². The van der Waals surface area contributed by atoms with Gasteiger partial charge in [0.1, 0.15) is 109 Å². The van der Waals surface area contributed by atoms with Crippen molar-refractivity contribution in [1.82, 2.24) is 0 Å². The molecule has 74 heavy (non-hydrogen) atoms. The van der Waals surface area contributed by atoms with E-state index in [-0.39, 0.29) is 102 Å². The maximum absolute atomic E-state index is 12.5. The van der Waals surface area contributed by atoms with E-state index in [4.69, 9.17) is 22.7 Å². The minimum atomic E-state index is -1.68. The number of phenolic OH excluding ortho intramolecular Hbond substituents is 10. The van der Waals surface area contributed by atoms with Crippen LogP contribution in [-0.4, -0.2) is 114 Å². The van der Waals surface area contributed by atoms with Crippen LogP contribution in [0.25, 0.3) is 66.9 Å². The Bertz CT molecular complexity index is 3780. The number of phenols is 10. The number of aromatic hydroxyl groups is 11. The molecule has 3 aromatic heterocycles. The van der Waals surface area contributed by atoms with Gasteiger partial charge in [-0.1, -0.05) is 0 Å². The third-order valence-electron chi connectivity index (χ3n) is 11.3. The first kappa shape index (κ1) is 50.7. The predicted molar refractivity (Wildman–Crippen MR) is 256 cm³/mol. The van der Waals surface area contributed by atoms with Gasteiger partial charge in [0.2, 0.25) is 17.5 Å². The molecule has 1 saturated heterocycles. The summed E-state index contributed by atoms with van der Waals surface area (Å²) in [5.74, 6) is -3.98. The lowest BCUT2D eigenvalue weighted by atomic mass is 9.99. The smallest absolute Gasteiger partial charge is 0.238 e. The molecule has 1 aliphatic heterocycles. The molecule has 0 amide bonds. The summed E-state index contributed by atoms with van der Waals surface area (Å²) in [6.07, 6.45) is -7.61. The van der Waals surface area contributed by atoms with Gasteiger partial charge < -0.3 is 99.3 Å². The molecule has 1 aliphatic rings. The highest BCUT2D eigenvalue weighted by molar-refractivity contribution is 5.89. The van der Waals surface area contributed by atoms with E-state index >= 15 is 0 Å². The van der Waals surface area contributed by atoms with Gasteiger partial charge in [0.05, 0.1) is 6.61 Å². The fourth-order valence-corrected chi connectivity index (χ4v) is 7.59. The number of aliphatic hydroxyl groups excluding tert-OH is 4. The van der Waals surface area contributed by atoms with Crippen molar-refractivity contribution in [2.75, 3.05) is 6.61 Å². The Labute approximate surface area is 411 Å². The standard InChI is InChI=1S/C21H20O11.2C15H10O6/c22-7-16-18(27)19(28)20(29)21(32-16)30-9-4-12(25)17-13(26)6-14(31-15(17)5-9)8-1-2-10(23)11(24)3-8;16-8-3-1-7(2-4-8)15-14(20)13(19)12-10(18)5-9(17)6-11(12)21-15;16-8-4-11(19)15-12(20)6-13(21-14(15)5-8)7-1-2-9(17)10(18)3-7/h1-6,16,18-25,27-29H,7H2;1-6,16-18,20H;1-6,16-19H/t16-,18-,19+,20-,21-;;/m1../s1. The molecule has 23 nitrogen and oxygen atoms in total. The van der Waals surface area contributed by atoms with Crippen LogP contribution < -0.4 is 21.0 Å². The Kier molecular flexibility index (Phi) is 13.9. The zero-order chi connectivity index (χ0) is 53.4. The molecular formula is C51H40O23. The highest BCUT2D eigenvalue weighted by Gasteiger charge is 2.45. The van der Waals surface area contributed by atoms with Gasteiger partial charge in [-0.25, -0.2) is 0 Å². The maximum Gasteiger partial charge on any atom is 0.238 e. The minimum absolute atomic E-state index is 0.0163. The van der Waals surface area contributed by atoms with Gasteiger partial charge >= 0.3 is 0 Å². The van der Waals surface area contributed by atoms with E-state index in [2.05, 4.69) is 0 Å². The SMILES string of the molecule is O=c1c(O)c(-c2ccc(O)cc2)oc2cc(O)cc(O)c12.O=c1cc(-c2ccc(O)c(O)c2)oc2cc(O)cc(O)c12.O=c1cc(-c2ccc(O)c(O)c2)oc2cc(O[C@@H]3O[C@H](CO)[C@@H](O)[C@H](O)[C@H]3O)cc(O)c12. The number of fused-ring (bicyclic) bond motifs is 3. The molecular weight excluding hydrogens is 981 g/mol. The highest BCUT2D eigenvalue weighted by Crippen LogP contribution is 2.38. The molecule has 10 rings (SSSR count). The van der Waals surface area contributed by atoms with Crippen LogP contribution in [0.1, 0.15) is 0 Å². The van der Waals surface area contributed by atoms with E-state index < -0.39 is 76.6 Å². The van der Waals surface area contributed by atoms with Crippen molar-refractivity contribution < 1.29 is 99.3 Å². The number of benzene rings is 6. The van der Waals surface area contributed by atoms with Crippen LogP contribution in [0.15, 0.2) is 137 Å². The lowest BCUT2D eigenvalue weighted by Gasteiger charge is -2.39. The van der Waals surface area contributed by atoms with Crippen molar-refractivity contribution in [2.24, 2.45) is 0 Å². The van der Waals surface area contributed by atoms with E-state index in [9.17, 15) is 91.0 Å². The first-order valence-corrected chi connectivity index (χ1v) is 21.5. The van der Waals surface area contributed by atoms with Gasteiger partial charge in [0.15, 0.2) is 39.6 Å². The van der Waals surface area contributed by atoms with Crippen LogP contribution in [0.4, 0.5) is 0 Å². The summed E-state index contributed by atoms with van der Waals surface area (Å²) in [5.41, 5.74) is -1.02. The molecule has 0 saturated carbocycles. The van der Waals surface area contributed by atoms with E-state index in [1.807, 2.05) is 0 Å². The van der Waals surface area contributed by atoms with Gasteiger partial charge in [-0.2, -0.15) is 0 Å². The van der Waals surface area contributed by atoms with Crippen molar-refractivity contribution in [3.63, 3.8) is 0 Å². The largest absolute Gasteiger partial charge is 0.508 e. The monoisotopic (exact) mass is 1020 g/mol.